The maximum Gasteiger partial charge on any atom is 0.124 e. The first-order valence-corrected chi connectivity index (χ1v) is 13.1. The van der Waals surface area contributed by atoms with E-state index in [1.165, 1.54) is 41.5 Å². The molecule has 2 nitrogen and oxygen atoms in total. The van der Waals surface area contributed by atoms with Crippen LogP contribution in [0.15, 0.2) is 97.1 Å². The topological polar surface area (TPSA) is 18.5 Å². The van der Waals surface area contributed by atoms with Crippen LogP contribution in [0.25, 0.3) is 0 Å². The van der Waals surface area contributed by atoms with Crippen molar-refractivity contribution in [2.75, 3.05) is 6.61 Å². The molecular weight excluding hydrogens is 416 g/mol. The molecule has 0 amide bonds. The molecule has 3 fully saturated rings. The van der Waals surface area contributed by atoms with Gasteiger partial charge in [-0.25, -0.2) is 0 Å². The van der Waals surface area contributed by atoms with Crippen molar-refractivity contribution in [3.05, 3.63) is 119 Å². The van der Waals surface area contributed by atoms with Crippen LogP contribution in [0.5, 0.6) is 0 Å². The number of hydrogen-bond acceptors (Lipinski definition) is 2. The summed E-state index contributed by atoms with van der Waals surface area (Å²) < 4.78 is 13.9. The molecule has 8 atom stereocenters. The number of hydrogen-bond donors (Lipinski definition) is 0. The zero-order valence-corrected chi connectivity index (χ0v) is 19.3. The highest BCUT2D eigenvalue weighted by molar-refractivity contribution is 5.58. The number of benzene rings is 3. The van der Waals surface area contributed by atoms with E-state index in [9.17, 15) is 0 Å². The molecule has 4 bridgehead atoms. The van der Waals surface area contributed by atoms with Crippen LogP contribution in [-0.2, 0) is 20.7 Å². The van der Waals surface area contributed by atoms with Crippen LogP contribution in [0.4, 0.5) is 0 Å². The first-order valence-electron chi connectivity index (χ1n) is 13.1. The first kappa shape index (κ1) is 19.6. The Morgan fingerprint density at radius 1 is 0.676 bits per heavy atom. The van der Waals surface area contributed by atoms with E-state index in [-0.39, 0.29) is 0 Å². The van der Waals surface area contributed by atoms with Crippen molar-refractivity contribution >= 4 is 0 Å². The number of fused-ring (bicyclic) bond motifs is 12. The molecule has 3 aromatic rings. The summed E-state index contributed by atoms with van der Waals surface area (Å²) in [5, 5.41) is 0. The smallest absolute Gasteiger partial charge is 0.124 e. The lowest BCUT2D eigenvalue weighted by molar-refractivity contribution is -0.0764. The summed E-state index contributed by atoms with van der Waals surface area (Å²) in [7, 11) is 0. The normalized spacial score (nSPS) is 40.9. The second-order valence-corrected chi connectivity index (χ2v) is 11.0. The van der Waals surface area contributed by atoms with Crippen LogP contribution >= 0.6 is 0 Å². The SMILES string of the molecule is C1=C[C@@H](C2CCCO2)[C@H]2C[C@@H]1[C@H]1[C@@H]2[C@@]2(c3ccccc3)O[C@]1(c1ccccc1)c1ccccc12. The van der Waals surface area contributed by atoms with Gasteiger partial charge in [-0.1, -0.05) is 97.1 Å². The Balaban J connectivity index is 1.41. The van der Waals surface area contributed by atoms with Gasteiger partial charge in [0.05, 0.1) is 6.10 Å². The van der Waals surface area contributed by atoms with Gasteiger partial charge in [-0.2, -0.15) is 0 Å². The molecule has 2 heteroatoms. The van der Waals surface area contributed by atoms with E-state index in [0.29, 0.717) is 35.7 Å². The van der Waals surface area contributed by atoms with Crippen LogP contribution in [0.1, 0.15) is 41.5 Å². The highest BCUT2D eigenvalue weighted by Crippen LogP contribution is 2.76. The average Bonchev–Trinajstić information content (AvgIpc) is 3.67. The van der Waals surface area contributed by atoms with Crippen LogP contribution < -0.4 is 0 Å². The Bertz CT molecular complexity index is 1260. The van der Waals surface area contributed by atoms with Gasteiger partial charge in [0.1, 0.15) is 11.2 Å². The maximum atomic E-state index is 7.63. The zero-order valence-electron chi connectivity index (χ0n) is 19.3. The van der Waals surface area contributed by atoms with E-state index in [2.05, 4.69) is 97.1 Å². The molecule has 0 spiro atoms. The number of rotatable bonds is 3. The maximum absolute atomic E-state index is 7.63. The van der Waals surface area contributed by atoms with Gasteiger partial charge in [0.15, 0.2) is 0 Å². The van der Waals surface area contributed by atoms with Gasteiger partial charge in [0.2, 0.25) is 0 Å². The third-order valence-electron chi connectivity index (χ3n) is 9.72. The van der Waals surface area contributed by atoms with Crippen molar-refractivity contribution in [3.63, 3.8) is 0 Å². The van der Waals surface area contributed by atoms with Gasteiger partial charge in [0.25, 0.3) is 0 Å². The second-order valence-electron chi connectivity index (χ2n) is 11.0. The third kappa shape index (κ3) is 2.25. The van der Waals surface area contributed by atoms with E-state index in [1.54, 1.807) is 0 Å². The molecule has 34 heavy (non-hydrogen) atoms. The molecule has 3 heterocycles. The van der Waals surface area contributed by atoms with Crippen molar-refractivity contribution in [1.29, 1.82) is 0 Å². The fourth-order valence-electron chi connectivity index (χ4n) is 8.74. The van der Waals surface area contributed by atoms with Gasteiger partial charge < -0.3 is 9.47 Å². The third-order valence-corrected chi connectivity index (χ3v) is 9.72. The van der Waals surface area contributed by atoms with Gasteiger partial charge >= 0.3 is 0 Å². The van der Waals surface area contributed by atoms with E-state index in [1.807, 2.05) is 0 Å². The predicted octanol–water partition coefficient (Wildman–Crippen LogP) is 6.45. The van der Waals surface area contributed by atoms with Gasteiger partial charge in [-0.05, 0) is 53.4 Å². The van der Waals surface area contributed by atoms with Gasteiger partial charge in [-0.15, -0.1) is 0 Å². The van der Waals surface area contributed by atoms with Crippen LogP contribution in [0.3, 0.4) is 0 Å². The van der Waals surface area contributed by atoms with Crippen LogP contribution in [-0.4, -0.2) is 12.7 Å². The molecule has 1 unspecified atom stereocenters. The number of ether oxygens (including phenoxy) is 2. The Labute approximate surface area is 201 Å². The quantitative estimate of drug-likeness (QED) is 0.431. The van der Waals surface area contributed by atoms with E-state index in [0.717, 1.165) is 6.61 Å². The Kier molecular flexibility index (Phi) is 4.00. The van der Waals surface area contributed by atoms with Crippen molar-refractivity contribution in [1.82, 2.24) is 0 Å². The Hall–Kier alpha value is -2.68. The summed E-state index contributed by atoms with van der Waals surface area (Å²) in [5.74, 6) is 2.45. The summed E-state index contributed by atoms with van der Waals surface area (Å²) in [6.45, 7) is 0.913. The monoisotopic (exact) mass is 446 g/mol. The summed E-state index contributed by atoms with van der Waals surface area (Å²) in [5.41, 5.74) is 4.55. The lowest BCUT2D eigenvalue weighted by atomic mass is 9.58. The van der Waals surface area contributed by atoms with E-state index in [4.69, 9.17) is 9.47 Å². The molecule has 0 aromatic heterocycles. The van der Waals surface area contributed by atoms with Crippen molar-refractivity contribution < 1.29 is 9.47 Å². The molecule has 0 radical (unpaired) electrons. The molecule has 2 saturated heterocycles. The lowest BCUT2D eigenvalue weighted by Gasteiger charge is -2.42. The molecule has 2 aliphatic carbocycles. The lowest BCUT2D eigenvalue weighted by Crippen LogP contribution is -2.43. The highest BCUT2D eigenvalue weighted by atomic mass is 16.5. The van der Waals surface area contributed by atoms with Crippen molar-refractivity contribution in [2.45, 2.75) is 36.6 Å². The summed E-state index contributed by atoms with van der Waals surface area (Å²) in [6, 6.07) is 31.3. The summed E-state index contributed by atoms with van der Waals surface area (Å²) in [4.78, 5) is 0. The Morgan fingerprint density at radius 2 is 1.29 bits per heavy atom. The molecule has 3 aliphatic heterocycles. The van der Waals surface area contributed by atoms with E-state index >= 15 is 0 Å². The fraction of sp³-hybridized carbons (Fsp3) is 0.375. The second kappa shape index (κ2) is 6.93. The molecule has 5 aliphatic rings. The molecule has 170 valence electrons. The standard InChI is InChI=1S/C32H30O2/c1-3-10-22(11-4-1)31-26-14-7-8-15-27(26)32(34-31,23-12-5-2-6-13-23)30-25-20-21(29(30)31)17-18-24(25)28-16-9-19-33-28/h1-8,10-15,17-18,21,24-25,28-30H,9,16,19-20H2/t21-,24-,25-,28?,29+,30-,31-,32+/m1/s1. The zero-order chi connectivity index (χ0) is 22.3. The molecular formula is C32H30O2. The van der Waals surface area contributed by atoms with Crippen molar-refractivity contribution in [2.24, 2.45) is 29.6 Å². The summed E-state index contributed by atoms with van der Waals surface area (Å²) >= 11 is 0. The van der Waals surface area contributed by atoms with E-state index < -0.39 is 11.2 Å². The van der Waals surface area contributed by atoms with Gasteiger partial charge in [0, 0.05) is 24.4 Å². The highest BCUT2D eigenvalue weighted by Gasteiger charge is 2.76. The Morgan fingerprint density at radius 3 is 1.91 bits per heavy atom. The van der Waals surface area contributed by atoms with Crippen LogP contribution in [0, 0.1) is 29.6 Å². The van der Waals surface area contributed by atoms with Crippen molar-refractivity contribution in [3.8, 4) is 0 Å². The summed E-state index contributed by atoms with van der Waals surface area (Å²) in [6.07, 6.45) is 9.06. The molecule has 1 saturated carbocycles. The minimum atomic E-state index is -0.416. The average molecular weight is 447 g/mol. The predicted molar refractivity (Wildman–Crippen MR) is 132 cm³/mol. The minimum absolute atomic E-state index is 0.357. The molecule has 3 aromatic carbocycles. The van der Waals surface area contributed by atoms with Crippen LogP contribution in [0.2, 0.25) is 0 Å². The molecule has 8 rings (SSSR count). The number of allylic oxidation sites excluding steroid dienone is 1. The minimum Gasteiger partial charge on any atom is -0.378 e. The fourth-order valence-corrected chi connectivity index (χ4v) is 8.74. The molecule has 0 N–H and O–H groups in total. The largest absolute Gasteiger partial charge is 0.378 e. The van der Waals surface area contributed by atoms with Gasteiger partial charge in [-0.3, -0.25) is 0 Å². The first-order chi connectivity index (χ1) is 16.8.